The molecule has 1 aromatic rings. The molecule has 1 nitrogen and oxygen atoms in total. The Morgan fingerprint density at radius 1 is 1.15 bits per heavy atom. The molecule has 1 aliphatic heterocycles. The van der Waals surface area contributed by atoms with Crippen molar-refractivity contribution in [2.75, 3.05) is 6.61 Å². The summed E-state index contributed by atoms with van der Waals surface area (Å²) in [6.45, 7) is 0.705. The predicted octanol–water partition coefficient (Wildman–Crippen LogP) is 1.71. The molecule has 13 heavy (non-hydrogen) atoms. The van der Waals surface area contributed by atoms with E-state index in [1.807, 2.05) is 30.3 Å². The van der Waals surface area contributed by atoms with E-state index in [-0.39, 0.29) is 46.3 Å². The molecule has 2 rings (SSSR count). The van der Waals surface area contributed by atoms with Gasteiger partial charge in [-0.05, 0) is 12.1 Å². The number of fused-ring (bicyclic) bond motifs is 1. The molecule has 4 radical (unpaired) electrons. The van der Waals surface area contributed by atoms with E-state index in [9.17, 15) is 0 Å². The van der Waals surface area contributed by atoms with Crippen molar-refractivity contribution in [1.82, 2.24) is 0 Å². The van der Waals surface area contributed by atoms with Gasteiger partial charge in [0.1, 0.15) is 12.4 Å². The fourth-order valence-electron chi connectivity index (χ4n) is 1.06. The molecule has 0 unspecified atom stereocenters. The minimum Gasteiger partial charge on any atom is -0.489 e. The van der Waals surface area contributed by atoms with Gasteiger partial charge in [0.2, 0.25) is 0 Å². The summed E-state index contributed by atoms with van der Waals surface area (Å²) in [6.07, 6.45) is 4.10. The van der Waals surface area contributed by atoms with Gasteiger partial charge in [-0.2, -0.15) is 0 Å². The summed E-state index contributed by atoms with van der Waals surface area (Å²) in [5, 5.41) is 0. The van der Waals surface area contributed by atoms with Crippen LogP contribution < -0.4 is 4.74 Å². The zero-order valence-corrected chi connectivity index (χ0v) is 10.1. The summed E-state index contributed by atoms with van der Waals surface area (Å²) in [5.41, 5.74) is 1.17. The average molecular weight is 397 g/mol. The van der Waals surface area contributed by atoms with Crippen LogP contribution in [0.3, 0.4) is 0 Å². The van der Waals surface area contributed by atoms with Crippen molar-refractivity contribution in [3.05, 3.63) is 35.9 Å². The first-order chi connectivity index (χ1) is 4.97. The average Bonchev–Trinajstić information content (AvgIpc) is 2.05. The van der Waals surface area contributed by atoms with Gasteiger partial charge >= 0.3 is 0 Å². The summed E-state index contributed by atoms with van der Waals surface area (Å²) in [4.78, 5) is 0. The van der Waals surface area contributed by atoms with E-state index in [0.29, 0.717) is 6.61 Å². The van der Waals surface area contributed by atoms with Crippen LogP contribution in [0.2, 0.25) is 0 Å². The maximum absolute atomic E-state index is 5.34. The van der Waals surface area contributed by atoms with Crippen LogP contribution in [-0.4, -0.2) is 15.0 Å². The molecule has 0 N–H and O–H groups in total. The third kappa shape index (κ3) is 3.72. The van der Waals surface area contributed by atoms with Crippen molar-refractivity contribution < 1.29 is 42.6 Å². The minimum atomic E-state index is 0. The van der Waals surface area contributed by atoms with E-state index in [1.54, 1.807) is 0 Å². The Kier molecular flexibility index (Phi) is 8.85. The number of rotatable bonds is 0. The van der Waals surface area contributed by atoms with E-state index in [0.717, 1.165) is 5.75 Å². The summed E-state index contributed by atoms with van der Waals surface area (Å²) in [7, 11) is 0. The molecule has 0 saturated heterocycles. The molecule has 1 aliphatic rings. The summed E-state index contributed by atoms with van der Waals surface area (Å²) in [6, 6.07) is 8.03. The van der Waals surface area contributed by atoms with Crippen molar-refractivity contribution >= 4 is 14.5 Å². The molecule has 4 heteroatoms. The van der Waals surface area contributed by atoms with E-state index in [2.05, 4.69) is 6.08 Å². The van der Waals surface area contributed by atoms with Crippen molar-refractivity contribution in [3.63, 3.8) is 0 Å². The third-order valence-electron chi connectivity index (χ3n) is 1.55. The quantitative estimate of drug-likeness (QED) is 0.606. The molecule has 0 fully saturated rings. The van der Waals surface area contributed by atoms with Gasteiger partial charge in [0.25, 0.3) is 0 Å². The van der Waals surface area contributed by atoms with Gasteiger partial charge in [-0.3, -0.25) is 0 Å². The fraction of sp³-hybridized carbons (Fsp3) is 0.111. The fourth-order valence-corrected chi connectivity index (χ4v) is 1.06. The maximum atomic E-state index is 5.34. The van der Waals surface area contributed by atoms with Crippen LogP contribution in [-0.2, 0) is 37.8 Å². The summed E-state index contributed by atoms with van der Waals surface area (Å²) < 4.78 is 5.34. The van der Waals surface area contributed by atoms with Gasteiger partial charge in [-0.25, -0.2) is 0 Å². The SMILES string of the molecule is C1=Cc2ccccc2OC1.[B].[Co].[Pt]. The number of ether oxygens (including phenoxy) is 1. The van der Waals surface area contributed by atoms with Crippen molar-refractivity contribution in [2.45, 2.75) is 0 Å². The van der Waals surface area contributed by atoms with Crippen molar-refractivity contribution in [2.24, 2.45) is 0 Å². The molecule has 0 bridgehead atoms. The molecule has 0 spiro atoms. The monoisotopic (exact) mass is 397 g/mol. The predicted molar refractivity (Wildman–Crippen MR) is 46.7 cm³/mol. The minimum absolute atomic E-state index is 0. The van der Waals surface area contributed by atoms with Crippen LogP contribution in [0.5, 0.6) is 5.75 Å². The zero-order valence-electron chi connectivity index (χ0n) is 6.81. The van der Waals surface area contributed by atoms with Gasteiger partial charge in [0.15, 0.2) is 0 Å². The van der Waals surface area contributed by atoms with Crippen molar-refractivity contribution in [3.8, 4) is 5.75 Å². The van der Waals surface area contributed by atoms with Gasteiger partial charge in [0.05, 0.1) is 0 Å². The van der Waals surface area contributed by atoms with Crippen LogP contribution in [0.4, 0.5) is 0 Å². The van der Waals surface area contributed by atoms with E-state index >= 15 is 0 Å². The van der Waals surface area contributed by atoms with E-state index in [4.69, 9.17) is 4.74 Å². The largest absolute Gasteiger partial charge is 0.489 e. The first kappa shape index (κ1) is 15.5. The Morgan fingerprint density at radius 2 is 1.85 bits per heavy atom. The second-order valence-electron chi connectivity index (χ2n) is 2.25. The second-order valence-corrected chi connectivity index (χ2v) is 2.25. The molecular weight excluding hydrogens is 389 g/mol. The van der Waals surface area contributed by atoms with Crippen LogP contribution in [0.15, 0.2) is 30.3 Å². The van der Waals surface area contributed by atoms with Crippen LogP contribution in [0.25, 0.3) is 6.08 Å². The van der Waals surface area contributed by atoms with Crippen LogP contribution in [0.1, 0.15) is 5.56 Å². The third-order valence-corrected chi connectivity index (χ3v) is 1.55. The van der Waals surface area contributed by atoms with E-state index in [1.165, 1.54) is 5.56 Å². The van der Waals surface area contributed by atoms with Crippen LogP contribution in [0, 0.1) is 0 Å². The number of hydrogen-bond donors (Lipinski definition) is 0. The van der Waals surface area contributed by atoms with E-state index < -0.39 is 0 Å². The number of para-hydroxylation sites is 1. The Labute approximate surface area is 105 Å². The molecule has 1 aromatic carbocycles. The topological polar surface area (TPSA) is 9.23 Å². The second kappa shape index (κ2) is 7.43. The molecule has 72 valence electrons. The Hall–Kier alpha value is 0.0197. The smallest absolute Gasteiger partial charge is 0.126 e. The molecule has 0 atom stereocenters. The molecule has 0 amide bonds. The molecule has 0 aromatic heterocycles. The molecule has 0 aliphatic carbocycles. The Balaban J connectivity index is 0. The zero-order chi connectivity index (χ0) is 6.81. The van der Waals surface area contributed by atoms with Crippen LogP contribution >= 0.6 is 0 Å². The summed E-state index contributed by atoms with van der Waals surface area (Å²) in [5.74, 6) is 0.991. The van der Waals surface area contributed by atoms with Gasteiger partial charge in [-0.15, -0.1) is 0 Å². The first-order valence-electron chi connectivity index (χ1n) is 3.35. The van der Waals surface area contributed by atoms with Gasteiger partial charge in [0, 0.05) is 51.8 Å². The number of benzene rings is 1. The van der Waals surface area contributed by atoms with Gasteiger partial charge in [-0.1, -0.05) is 24.3 Å². The first-order valence-corrected chi connectivity index (χ1v) is 3.35. The molecule has 1 heterocycles. The molecular formula is C9H8BCoOPt. The maximum Gasteiger partial charge on any atom is 0.126 e. The van der Waals surface area contributed by atoms with Gasteiger partial charge < -0.3 is 4.74 Å². The summed E-state index contributed by atoms with van der Waals surface area (Å²) >= 11 is 0. The molecule has 0 saturated carbocycles. The Bertz CT molecular complexity index is 278. The number of hydrogen-bond acceptors (Lipinski definition) is 1. The van der Waals surface area contributed by atoms with Crippen molar-refractivity contribution in [1.29, 1.82) is 0 Å². The Morgan fingerprint density at radius 3 is 2.54 bits per heavy atom. The standard InChI is InChI=1S/C9H8O.B.Co.Pt/c1-2-6-9-8(4-1)5-3-7-10-9;;;/h1-6H,7H2;;;. The normalized spacial score (nSPS) is 10.8.